The van der Waals surface area contributed by atoms with Gasteiger partial charge in [0.15, 0.2) is 5.76 Å². The molecule has 0 spiro atoms. The van der Waals surface area contributed by atoms with Crippen molar-refractivity contribution in [3.8, 4) is 22.8 Å². The molecule has 128 valence electrons. The molecule has 1 heterocycles. The van der Waals surface area contributed by atoms with Gasteiger partial charge in [-0.05, 0) is 31.2 Å². The van der Waals surface area contributed by atoms with Gasteiger partial charge in [0.2, 0.25) is 11.2 Å². The van der Waals surface area contributed by atoms with Gasteiger partial charge in [-0.2, -0.15) is 0 Å². The number of benzene rings is 2. The Morgan fingerprint density at radius 1 is 1.28 bits per heavy atom. The lowest BCUT2D eigenvalue weighted by molar-refractivity contribution is 0.324. The van der Waals surface area contributed by atoms with Gasteiger partial charge in [0.1, 0.15) is 16.7 Å². The zero-order valence-corrected chi connectivity index (χ0v) is 15.3. The van der Waals surface area contributed by atoms with E-state index >= 15 is 0 Å². The van der Waals surface area contributed by atoms with Crippen LogP contribution in [-0.2, 0) is 0 Å². The highest BCUT2D eigenvalue weighted by Gasteiger charge is 2.18. The lowest BCUT2D eigenvalue weighted by Gasteiger charge is -2.11. The maximum absolute atomic E-state index is 12.7. The third-order valence-corrected chi connectivity index (χ3v) is 4.22. The van der Waals surface area contributed by atoms with E-state index in [0.717, 1.165) is 10.0 Å². The van der Waals surface area contributed by atoms with Gasteiger partial charge < -0.3 is 14.3 Å². The summed E-state index contributed by atoms with van der Waals surface area (Å²) in [5, 5.41) is 10.6. The van der Waals surface area contributed by atoms with Crippen LogP contribution in [0, 0.1) is 0 Å². The molecule has 0 saturated carbocycles. The van der Waals surface area contributed by atoms with Gasteiger partial charge in [-0.15, -0.1) is 6.58 Å². The topological polar surface area (TPSA) is 59.7 Å². The van der Waals surface area contributed by atoms with Gasteiger partial charge in [0, 0.05) is 16.5 Å². The van der Waals surface area contributed by atoms with Gasteiger partial charge in [-0.3, -0.25) is 4.79 Å². The summed E-state index contributed by atoms with van der Waals surface area (Å²) < 4.78 is 12.3. The first-order chi connectivity index (χ1) is 12.0. The number of fused-ring (bicyclic) bond motifs is 1. The van der Waals surface area contributed by atoms with Crippen molar-refractivity contribution in [1.29, 1.82) is 0 Å². The standard InChI is InChI=1S/C20H17BrO4/c1-12(2)9-10-24-15-7-4-8-16-17(15)18(22)19(23)20(25-16)13-5-3-6-14(21)11-13/h3-8,11,23H,1,9-10H2,2H3. The molecule has 5 heteroatoms. The summed E-state index contributed by atoms with van der Waals surface area (Å²) in [6.07, 6.45) is 0.684. The molecule has 0 atom stereocenters. The third-order valence-electron chi connectivity index (χ3n) is 3.73. The van der Waals surface area contributed by atoms with E-state index in [9.17, 15) is 9.90 Å². The zero-order valence-electron chi connectivity index (χ0n) is 13.7. The summed E-state index contributed by atoms with van der Waals surface area (Å²) in [4.78, 5) is 12.7. The molecule has 0 amide bonds. The monoisotopic (exact) mass is 400 g/mol. The van der Waals surface area contributed by atoms with Crippen LogP contribution in [0.3, 0.4) is 0 Å². The fourth-order valence-electron chi connectivity index (χ4n) is 2.48. The van der Waals surface area contributed by atoms with E-state index in [4.69, 9.17) is 9.15 Å². The number of ether oxygens (including phenoxy) is 1. The Labute approximate surface area is 153 Å². The molecule has 1 aromatic heterocycles. The van der Waals surface area contributed by atoms with Crippen molar-refractivity contribution in [1.82, 2.24) is 0 Å². The predicted octanol–water partition coefficient (Wildman–Crippen LogP) is 5.27. The Kier molecular flexibility index (Phi) is 4.95. The van der Waals surface area contributed by atoms with E-state index in [1.54, 1.807) is 36.4 Å². The molecule has 4 nitrogen and oxygen atoms in total. The van der Waals surface area contributed by atoms with E-state index < -0.39 is 11.2 Å². The van der Waals surface area contributed by atoms with Crippen LogP contribution in [0.2, 0.25) is 0 Å². The van der Waals surface area contributed by atoms with Gasteiger partial charge in [-0.25, -0.2) is 0 Å². The number of halogens is 1. The molecule has 3 rings (SSSR count). The molecular weight excluding hydrogens is 384 g/mol. The maximum atomic E-state index is 12.7. The van der Waals surface area contributed by atoms with Gasteiger partial charge >= 0.3 is 0 Å². The molecule has 1 N–H and O–H groups in total. The quantitative estimate of drug-likeness (QED) is 0.592. The van der Waals surface area contributed by atoms with Crippen molar-refractivity contribution in [2.75, 3.05) is 6.61 Å². The highest BCUT2D eigenvalue weighted by Crippen LogP contribution is 2.34. The molecule has 0 radical (unpaired) electrons. The molecule has 0 aliphatic heterocycles. The van der Waals surface area contributed by atoms with Crippen molar-refractivity contribution in [2.45, 2.75) is 13.3 Å². The number of rotatable bonds is 5. The van der Waals surface area contributed by atoms with Gasteiger partial charge in [0.05, 0.1) is 6.61 Å². The number of hydrogen-bond acceptors (Lipinski definition) is 4. The van der Waals surface area contributed by atoms with Crippen molar-refractivity contribution < 1.29 is 14.3 Å². The normalized spacial score (nSPS) is 10.8. The van der Waals surface area contributed by atoms with Crippen LogP contribution in [0.5, 0.6) is 11.5 Å². The second-order valence-electron chi connectivity index (χ2n) is 5.80. The van der Waals surface area contributed by atoms with E-state index in [1.807, 2.05) is 13.0 Å². The Bertz CT molecular complexity index is 1000. The average Bonchev–Trinajstić information content (AvgIpc) is 2.57. The Morgan fingerprint density at radius 2 is 2.04 bits per heavy atom. The second-order valence-corrected chi connectivity index (χ2v) is 6.72. The van der Waals surface area contributed by atoms with Crippen LogP contribution < -0.4 is 10.2 Å². The first-order valence-corrected chi connectivity index (χ1v) is 8.58. The van der Waals surface area contributed by atoms with Gasteiger partial charge in [-0.1, -0.05) is 39.7 Å². The summed E-state index contributed by atoms with van der Waals surface area (Å²) >= 11 is 3.38. The fourth-order valence-corrected chi connectivity index (χ4v) is 2.88. The highest BCUT2D eigenvalue weighted by molar-refractivity contribution is 9.10. The van der Waals surface area contributed by atoms with Crippen LogP contribution in [0.1, 0.15) is 13.3 Å². The predicted molar refractivity (Wildman–Crippen MR) is 102 cm³/mol. The van der Waals surface area contributed by atoms with Crippen molar-refractivity contribution >= 4 is 26.9 Å². The Balaban J connectivity index is 2.12. The molecule has 0 aliphatic carbocycles. The molecular formula is C20H17BrO4. The minimum Gasteiger partial charge on any atom is -0.502 e. The average molecular weight is 401 g/mol. The summed E-state index contributed by atoms with van der Waals surface area (Å²) in [5.74, 6) is 0.100. The summed E-state index contributed by atoms with van der Waals surface area (Å²) in [7, 11) is 0. The molecule has 0 unspecified atom stereocenters. The van der Waals surface area contributed by atoms with Gasteiger partial charge in [0.25, 0.3) is 0 Å². The minimum atomic E-state index is -0.512. The van der Waals surface area contributed by atoms with Crippen LogP contribution >= 0.6 is 15.9 Å². The smallest absolute Gasteiger partial charge is 0.238 e. The van der Waals surface area contributed by atoms with E-state index in [0.29, 0.717) is 29.9 Å². The van der Waals surface area contributed by atoms with E-state index in [1.165, 1.54) is 0 Å². The molecule has 3 aromatic rings. The number of hydrogen-bond donors (Lipinski definition) is 1. The zero-order chi connectivity index (χ0) is 18.0. The molecule has 25 heavy (non-hydrogen) atoms. The molecule has 0 fully saturated rings. The van der Waals surface area contributed by atoms with Crippen molar-refractivity contribution in [3.05, 3.63) is 69.3 Å². The lowest BCUT2D eigenvalue weighted by atomic mass is 10.1. The van der Waals surface area contributed by atoms with E-state index in [2.05, 4.69) is 22.5 Å². The Hall–Kier alpha value is -2.53. The largest absolute Gasteiger partial charge is 0.502 e. The van der Waals surface area contributed by atoms with Crippen LogP contribution in [0.15, 0.2) is 68.3 Å². The van der Waals surface area contributed by atoms with Crippen molar-refractivity contribution in [3.63, 3.8) is 0 Å². The molecule has 2 aromatic carbocycles. The Morgan fingerprint density at radius 3 is 2.76 bits per heavy atom. The van der Waals surface area contributed by atoms with Crippen LogP contribution in [0.25, 0.3) is 22.3 Å². The summed E-state index contributed by atoms with van der Waals surface area (Å²) in [5.41, 5.74) is 1.46. The molecule has 0 aliphatic rings. The SMILES string of the molecule is C=C(C)CCOc1cccc2oc(-c3cccc(Br)c3)c(O)c(=O)c12. The van der Waals surface area contributed by atoms with Crippen LogP contribution in [0.4, 0.5) is 0 Å². The van der Waals surface area contributed by atoms with Crippen LogP contribution in [-0.4, -0.2) is 11.7 Å². The first kappa shape index (κ1) is 17.3. The second kappa shape index (κ2) is 7.15. The number of aromatic hydroxyl groups is 1. The first-order valence-electron chi connectivity index (χ1n) is 7.79. The fraction of sp³-hybridized carbons (Fsp3) is 0.150. The van der Waals surface area contributed by atoms with E-state index in [-0.39, 0.29) is 11.1 Å². The third kappa shape index (κ3) is 3.61. The van der Waals surface area contributed by atoms with Crippen molar-refractivity contribution in [2.24, 2.45) is 0 Å². The summed E-state index contributed by atoms with van der Waals surface area (Å²) in [6, 6.07) is 12.3. The highest BCUT2D eigenvalue weighted by atomic mass is 79.9. The molecule has 0 saturated heterocycles. The minimum absolute atomic E-state index is 0.137. The maximum Gasteiger partial charge on any atom is 0.238 e. The summed E-state index contributed by atoms with van der Waals surface area (Å²) in [6.45, 7) is 6.15. The lowest BCUT2D eigenvalue weighted by Crippen LogP contribution is -2.06. The molecule has 0 bridgehead atoms.